The maximum Gasteiger partial charge on any atom is 0.135 e. The van der Waals surface area contributed by atoms with Crippen LogP contribution >= 0.6 is 12.4 Å². The van der Waals surface area contributed by atoms with Gasteiger partial charge in [-0.25, -0.2) is 0 Å². The van der Waals surface area contributed by atoms with Crippen LogP contribution in [0, 0.1) is 0 Å². The lowest BCUT2D eigenvalue weighted by molar-refractivity contribution is 0.590. The van der Waals surface area contributed by atoms with Crippen LogP contribution in [-0.2, 0) is 0 Å². The Hall–Kier alpha value is -1.19. The van der Waals surface area contributed by atoms with E-state index in [0.29, 0.717) is 0 Å². The summed E-state index contributed by atoms with van der Waals surface area (Å²) in [5.41, 5.74) is 2.27. The summed E-state index contributed by atoms with van der Waals surface area (Å²) in [7, 11) is 0. The molecule has 0 unspecified atom stereocenters. The highest BCUT2D eigenvalue weighted by molar-refractivity contribution is 5.91. The molecule has 0 aliphatic carbocycles. The predicted octanol–water partition coefficient (Wildman–Crippen LogP) is 2.26. The van der Waals surface area contributed by atoms with Crippen LogP contribution < -0.4 is 10.2 Å². The number of benzene rings is 1. The number of halogens is 1. The Bertz CT molecular complexity index is 463. The van der Waals surface area contributed by atoms with Gasteiger partial charge in [-0.05, 0) is 18.2 Å². The average Bonchev–Trinajstić information content (AvgIpc) is 2.78. The van der Waals surface area contributed by atoms with E-state index in [2.05, 4.69) is 22.3 Å². The molecule has 1 aromatic heterocycles. The standard InChI is InChI=1S/C12H14N2O.ClH/c1-2-11(14-7-5-13-6-8-14)10-4-9-15-12(10)3-1;/h1-4,9,13H,5-8H2;1H. The Labute approximate surface area is 101 Å². The van der Waals surface area contributed by atoms with Gasteiger partial charge in [-0.1, -0.05) is 6.07 Å². The Kier molecular flexibility index (Phi) is 3.36. The zero-order valence-electron chi connectivity index (χ0n) is 8.98. The summed E-state index contributed by atoms with van der Waals surface area (Å²) in [6.45, 7) is 4.27. The minimum absolute atomic E-state index is 0. The molecule has 1 aliphatic rings. The van der Waals surface area contributed by atoms with Crippen LogP contribution in [0.1, 0.15) is 0 Å². The molecule has 0 spiro atoms. The van der Waals surface area contributed by atoms with Gasteiger partial charge in [-0.15, -0.1) is 12.4 Å². The average molecular weight is 239 g/mol. The Morgan fingerprint density at radius 2 is 1.94 bits per heavy atom. The molecule has 16 heavy (non-hydrogen) atoms. The van der Waals surface area contributed by atoms with Crippen LogP contribution in [0.25, 0.3) is 11.0 Å². The predicted molar refractivity (Wildman–Crippen MR) is 68.5 cm³/mol. The number of nitrogens with one attached hydrogen (secondary N) is 1. The topological polar surface area (TPSA) is 28.4 Å². The fraction of sp³-hybridized carbons (Fsp3) is 0.333. The van der Waals surface area contributed by atoms with Crippen LogP contribution in [0.5, 0.6) is 0 Å². The molecule has 3 rings (SSSR count). The van der Waals surface area contributed by atoms with Gasteiger partial charge in [0.05, 0.1) is 6.26 Å². The number of rotatable bonds is 1. The second kappa shape index (κ2) is 4.76. The Balaban J connectivity index is 0.000000963. The van der Waals surface area contributed by atoms with E-state index in [4.69, 9.17) is 4.42 Å². The normalized spacial score (nSPS) is 16.1. The van der Waals surface area contributed by atoms with Gasteiger partial charge in [0.25, 0.3) is 0 Å². The summed E-state index contributed by atoms with van der Waals surface area (Å²) in [5, 5.41) is 4.58. The first-order valence-corrected chi connectivity index (χ1v) is 5.37. The van der Waals surface area contributed by atoms with Crippen molar-refractivity contribution in [3.63, 3.8) is 0 Å². The third kappa shape index (κ3) is 1.88. The third-order valence-electron chi connectivity index (χ3n) is 2.93. The lowest BCUT2D eigenvalue weighted by Gasteiger charge is -2.29. The van der Waals surface area contributed by atoms with Crippen molar-refractivity contribution >= 4 is 29.1 Å². The molecular weight excluding hydrogens is 224 g/mol. The van der Waals surface area contributed by atoms with E-state index in [1.54, 1.807) is 6.26 Å². The van der Waals surface area contributed by atoms with Crippen LogP contribution in [0.2, 0.25) is 0 Å². The van der Waals surface area contributed by atoms with E-state index in [1.807, 2.05) is 12.1 Å². The second-order valence-electron chi connectivity index (χ2n) is 3.85. The zero-order valence-corrected chi connectivity index (χ0v) is 9.80. The Morgan fingerprint density at radius 1 is 1.12 bits per heavy atom. The van der Waals surface area contributed by atoms with Crippen molar-refractivity contribution in [2.24, 2.45) is 0 Å². The number of anilines is 1. The SMILES string of the molecule is Cl.c1cc(N2CCNCC2)c2ccoc2c1. The second-order valence-corrected chi connectivity index (χ2v) is 3.85. The van der Waals surface area contributed by atoms with Gasteiger partial charge in [0.2, 0.25) is 0 Å². The molecule has 0 atom stereocenters. The quantitative estimate of drug-likeness (QED) is 0.826. The van der Waals surface area contributed by atoms with E-state index in [1.165, 1.54) is 11.1 Å². The van der Waals surface area contributed by atoms with Crippen molar-refractivity contribution < 1.29 is 4.42 Å². The van der Waals surface area contributed by atoms with E-state index in [9.17, 15) is 0 Å². The number of hydrogen-bond acceptors (Lipinski definition) is 3. The molecule has 1 aliphatic heterocycles. The van der Waals surface area contributed by atoms with Crippen molar-refractivity contribution in [2.75, 3.05) is 31.1 Å². The minimum atomic E-state index is 0. The highest BCUT2D eigenvalue weighted by Crippen LogP contribution is 2.27. The molecule has 0 bridgehead atoms. The van der Waals surface area contributed by atoms with Gasteiger partial charge < -0.3 is 14.6 Å². The summed E-state index contributed by atoms with van der Waals surface area (Å²) in [6.07, 6.45) is 1.76. The van der Waals surface area contributed by atoms with Crippen molar-refractivity contribution in [3.05, 3.63) is 30.5 Å². The molecule has 0 radical (unpaired) electrons. The lowest BCUT2D eigenvalue weighted by Crippen LogP contribution is -2.43. The van der Waals surface area contributed by atoms with Crippen molar-refractivity contribution in [2.45, 2.75) is 0 Å². The summed E-state index contributed by atoms with van der Waals surface area (Å²) < 4.78 is 5.41. The largest absolute Gasteiger partial charge is 0.464 e. The Morgan fingerprint density at radius 3 is 2.75 bits per heavy atom. The number of fused-ring (bicyclic) bond motifs is 1. The fourth-order valence-corrected chi connectivity index (χ4v) is 2.16. The highest BCUT2D eigenvalue weighted by atomic mass is 35.5. The third-order valence-corrected chi connectivity index (χ3v) is 2.93. The van der Waals surface area contributed by atoms with Crippen LogP contribution in [0.15, 0.2) is 34.9 Å². The molecule has 1 N–H and O–H groups in total. The smallest absolute Gasteiger partial charge is 0.135 e. The summed E-state index contributed by atoms with van der Waals surface area (Å²) in [6, 6.07) is 8.29. The lowest BCUT2D eigenvalue weighted by atomic mass is 10.2. The first kappa shape index (κ1) is 11.3. The molecule has 0 saturated carbocycles. The molecular formula is C12H15ClN2O. The first-order valence-electron chi connectivity index (χ1n) is 5.37. The van der Waals surface area contributed by atoms with Crippen LogP contribution in [0.3, 0.4) is 0 Å². The first-order chi connectivity index (χ1) is 7.45. The van der Waals surface area contributed by atoms with Gasteiger partial charge in [0, 0.05) is 37.3 Å². The summed E-state index contributed by atoms with van der Waals surface area (Å²) in [5.74, 6) is 0. The van der Waals surface area contributed by atoms with Gasteiger partial charge in [-0.2, -0.15) is 0 Å². The molecule has 0 amide bonds. The zero-order chi connectivity index (χ0) is 10.1. The van der Waals surface area contributed by atoms with Crippen molar-refractivity contribution in [1.29, 1.82) is 0 Å². The van der Waals surface area contributed by atoms with Gasteiger partial charge in [0.15, 0.2) is 0 Å². The summed E-state index contributed by atoms with van der Waals surface area (Å²) in [4.78, 5) is 2.41. The monoisotopic (exact) mass is 238 g/mol. The van der Waals surface area contributed by atoms with Gasteiger partial charge in [-0.3, -0.25) is 0 Å². The van der Waals surface area contributed by atoms with Gasteiger partial charge in [0.1, 0.15) is 5.58 Å². The molecule has 4 heteroatoms. The van der Waals surface area contributed by atoms with Crippen molar-refractivity contribution in [1.82, 2.24) is 5.32 Å². The highest BCUT2D eigenvalue weighted by Gasteiger charge is 2.13. The number of hydrogen-bond donors (Lipinski definition) is 1. The molecule has 86 valence electrons. The number of furan rings is 1. The van der Waals surface area contributed by atoms with E-state index < -0.39 is 0 Å². The molecule has 2 aromatic rings. The maximum atomic E-state index is 5.41. The summed E-state index contributed by atoms with van der Waals surface area (Å²) >= 11 is 0. The molecule has 1 saturated heterocycles. The van der Waals surface area contributed by atoms with Crippen molar-refractivity contribution in [3.8, 4) is 0 Å². The number of piperazine rings is 1. The van der Waals surface area contributed by atoms with E-state index >= 15 is 0 Å². The van der Waals surface area contributed by atoms with Gasteiger partial charge >= 0.3 is 0 Å². The van der Waals surface area contributed by atoms with Crippen LogP contribution in [0.4, 0.5) is 5.69 Å². The molecule has 3 nitrogen and oxygen atoms in total. The number of nitrogens with zero attached hydrogens (tertiary/aromatic N) is 1. The molecule has 2 heterocycles. The van der Waals surface area contributed by atoms with E-state index in [0.717, 1.165) is 31.8 Å². The molecule has 1 fully saturated rings. The molecule has 1 aromatic carbocycles. The van der Waals surface area contributed by atoms with Crippen LogP contribution in [-0.4, -0.2) is 26.2 Å². The van der Waals surface area contributed by atoms with E-state index in [-0.39, 0.29) is 12.4 Å². The minimum Gasteiger partial charge on any atom is -0.464 e. The fourth-order valence-electron chi connectivity index (χ4n) is 2.16. The maximum absolute atomic E-state index is 5.41.